The van der Waals surface area contributed by atoms with Crippen LogP contribution in [0.2, 0.25) is 0 Å². The molecule has 0 aromatic carbocycles. The molecule has 3 nitrogen and oxygen atoms in total. The van der Waals surface area contributed by atoms with Crippen LogP contribution < -0.4 is 5.32 Å². The quantitative estimate of drug-likeness (QED) is 0.696. The first-order valence-electron chi connectivity index (χ1n) is 8.44. The van der Waals surface area contributed by atoms with Crippen LogP contribution in [0, 0.1) is 0 Å². The second-order valence-electron chi connectivity index (χ2n) is 5.90. The molecule has 3 heteroatoms. The average Bonchev–Trinajstić information content (AvgIpc) is 2.50. The molecule has 1 aromatic rings. The zero-order chi connectivity index (χ0) is 14.0. The molecular formula is C17H29N3. The second-order valence-corrected chi connectivity index (χ2v) is 5.90. The summed E-state index contributed by atoms with van der Waals surface area (Å²) in [6.07, 6.45) is 14.9. The maximum Gasteiger partial charge on any atom is 0.115 e. The minimum atomic E-state index is 0.961. The fraction of sp³-hybridized carbons (Fsp3) is 0.765. The Labute approximate surface area is 123 Å². The number of nitrogens with one attached hydrogen (secondary N) is 1. The van der Waals surface area contributed by atoms with E-state index in [9.17, 15) is 0 Å². The zero-order valence-corrected chi connectivity index (χ0v) is 13.0. The van der Waals surface area contributed by atoms with E-state index in [-0.39, 0.29) is 0 Å². The third-order valence-corrected chi connectivity index (χ3v) is 4.23. The molecule has 0 fully saturated rings. The van der Waals surface area contributed by atoms with Crippen molar-refractivity contribution in [2.45, 2.75) is 77.7 Å². The van der Waals surface area contributed by atoms with E-state index in [0.717, 1.165) is 25.9 Å². The Morgan fingerprint density at radius 1 is 1.00 bits per heavy atom. The van der Waals surface area contributed by atoms with Crippen LogP contribution in [0.15, 0.2) is 6.33 Å². The van der Waals surface area contributed by atoms with Gasteiger partial charge in [0.2, 0.25) is 0 Å². The average molecular weight is 275 g/mol. The highest BCUT2D eigenvalue weighted by molar-refractivity contribution is 5.26. The van der Waals surface area contributed by atoms with Crippen LogP contribution in [-0.2, 0) is 19.4 Å². The molecule has 1 aliphatic rings. The van der Waals surface area contributed by atoms with Gasteiger partial charge in [-0.2, -0.15) is 0 Å². The molecule has 0 amide bonds. The SMILES string of the molecule is CCCCCCCCCCc1ncnc2c1CNCC2. The molecule has 0 radical (unpaired) electrons. The maximum atomic E-state index is 4.50. The van der Waals surface area contributed by atoms with Gasteiger partial charge in [0, 0.05) is 36.5 Å². The first kappa shape index (κ1) is 15.4. The van der Waals surface area contributed by atoms with E-state index < -0.39 is 0 Å². The number of rotatable bonds is 9. The van der Waals surface area contributed by atoms with Crippen molar-refractivity contribution < 1.29 is 0 Å². The van der Waals surface area contributed by atoms with Gasteiger partial charge in [-0.25, -0.2) is 9.97 Å². The van der Waals surface area contributed by atoms with Crippen molar-refractivity contribution in [1.29, 1.82) is 0 Å². The third-order valence-electron chi connectivity index (χ3n) is 4.23. The lowest BCUT2D eigenvalue weighted by atomic mass is 10.0. The van der Waals surface area contributed by atoms with Gasteiger partial charge in [0.15, 0.2) is 0 Å². The first-order chi connectivity index (χ1) is 9.92. The Morgan fingerprint density at radius 3 is 2.55 bits per heavy atom. The summed E-state index contributed by atoms with van der Waals surface area (Å²) in [5, 5.41) is 3.43. The number of aryl methyl sites for hydroxylation is 1. The highest BCUT2D eigenvalue weighted by Crippen LogP contribution is 2.17. The van der Waals surface area contributed by atoms with Crippen molar-refractivity contribution >= 4 is 0 Å². The van der Waals surface area contributed by atoms with Crippen LogP contribution in [-0.4, -0.2) is 16.5 Å². The smallest absolute Gasteiger partial charge is 0.115 e. The lowest BCUT2D eigenvalue weighted by Gasteiger charge is -2.18. The van der Waals surface area contributed by atoms with E-state index in [4.69, 9.17) is 0 Å². The number of fused-ring (bicyclic) bond motifs is 1. The minimum absolute atomic E-state index is 0.961. The van der Waals surface area contributed by atoms with E-state index in [1.165, 1.54) is 68.3 Å². The largest absolute Gasteiger partial charge is 0.312 e. The normalized spacial score (nSPS) is 14.2. The van der Waals surface area contributed by atoms with Gasteiger partial charge in [0.25, 0.3) is 0 Å². The minimum Gasteiger partial charge on any atom is -0.312 e. The van der Waals surface area contributed by atoms with Crippen LogP contribution in [0.1, 0.15) is 75.2 Å². The van der Waals surface area contributed by atoms with Crippen molar-refractivity contribution in [2.24, 2.45) is 0 Å². The molecule has 112 valence electrons. The fourth-order valence-electron chi connectivity index (χ4n) is 2.97. The van der Waals surface area contributed by atoms with Gasteiger partial charge in [0.1, 0.15) is 6.33 Å². The highest BCUT2D eigenvalue weighted by atomic mass is 14.9. The lowest BCUT2D eigenvalue weighted by molar-refractivity contribution is 0.568. The summed E-state index contributed by atoms with van der Waals surface area (Å²) >= 11 is 0. The van der Waals surface area contributed by atoms with E-state index in [2.05, 4.69) is 22.2 Å². The van der Waals surface area contributed by atoms with Crippen molar-refractivity contribution in [3.05, 3.63) is 23.3 Å². The molecule has 0 aliphatic carbocycles. The van der Waals surface area contributed by atoms with Gasteiger partial charge in [-0.15, -0.1) is 0 Å². The van der Waals surface area contributed by atoms with E-state index in [1.54, 1.807) is 6.33 Å². The Bertz CT molecular complexity index is 390. The summed E-state index contributed by atoms with van der Waals surface area (Å²) in [6, 6.07) is 0. The standard InChI is InChI=1S/C17H29N3/c1-2-3-4-5-6-7-8-9-10-16-15-13-18-12-11-17(15)20-14-19-16/h14,18H,2-13H2,1H3. The van der Waals surface area contributed by atoms with Gasteiger partial charge >= 0.3 is 0 Å². The van der Waals surface area contributed by atoms with Crippen molar-refractivity contribution in [2.75, 3.05) is 6.54 Å². The van der Waals surface area contributed by atoms with Crippen molar-refractivity contribution in [3.63, 3.8) is 0 Å². The topological polar surface area (TPSA) is 37.8 Å². The van der Waals surface area contributed by atoms with Gasteiger partial charge in [-0.3, -0.25) is 0 Å². The first-order valence-corrected chi connectivity index (χ1v) is 8.44. The van der Waals surface area contributed by atoms with Gasteiger partial charge in [-0.1, -0.05) is 51.9 Å². The Kier molecular flexibility index (Phi) is 6.99. The van der Waals surface area contributed by atoms with Gasteiger partial charge in [0.05, 0.1) is 0 Å². The Morgan fingerprint density at radius 2 is 1.75 bits per heavy atom. The highest BCUT2D eigenvalue weighted by Gasteiger charge is 2.14. The zero-order valence-electron chi connectivity index (χ0n) is 13.0. The molecule has 0 bridgehead atoms. The van der Waals surface area contributed by atoms with Crippen LogP contribution >= 0.6 is 0 Å². The second kappa shape index (κ2) is 9.06. The van der Waals surface area contributed by atoms with Crippen molar-refractivity contribution in [1.82, 2.24) is 15.3 Å². The summed E-state index contributed by atoms with van der Waals surface area (Å²) in [4.78, 5) is 8.91. The summed E-state index contributed by atoms with van der Waals surface area (Å²) in [6.45, 7) is 4.29. The predicted octanol–water partition coefficient (Wildman–Crippen LogP) is 3.81. The molecular weight excluding hydrogens is 246 g/mol. The molecule has 0 atom stereocenters. The predicted molar refractivity (Wildman–Crippen MR) is 83.8 cm³/mol. The number of hydrogen-bond acceptors (Lipinski definition) is 3. The van der Waals surface area contributed by atoms with Crippen LogP contribution in [0.3, 0.4) is 0 Å². The number of hydrogen-bond donors (Lipinski definition) is 1. The molecule has 0 unspecified atom stereocenters. The number of unbranched alkanes of at least 4 members (excludes halogenated alkanes) is 7. The summed E-state index contributed by atoms with van der Waals surface area (Å²) < 4.78 is 0. The number of aromatic nitrogens is 2. The number of nitrogens with zero attached hydrogens (tertiary/aromatic N) is 2. The molecule has 1 aromatic heterocycles. The monoisotopic (exact) mass is 275 g/mol. The maximum absolute atomic E-state index is 4.50. The van der Waals surface area contributed by atoms with E-state index in [1.807, 2.05) is 0 Å². The lowest BCUT2D eigenvalue weighted by Crippen LogP contribution is -2.26. The van der Waals surface area contributed by atoms with Crippen LogP contribution in [0.4, 0.5) is 0 Å². The molecule has 2 heterocycles. The summed E-state index contributed by atoms with van der Waals surface area (Å²) in [5.41, 5.74) is 3.93. The van der Waals surface area contributed by atoms with Gasteiger partial charge < -0.3 is 5.32 Å². The summed E-state index contributed by atoms with van der Waals surface area (Å²) in [7, 11) is 0. The Balaban J connectivity index is 1.64. The van der Waals surface area contributed by atoms with Crippen LogP contribution in [0.5, 0.6) is 0 Å². The van der Waals surface area contributed by atoms with Crippen LogP contribution in [0.25, 0.3) is 0 Å². The van der Waals surface area contributed by atoms with E-state index in [0.29, 0.717) is 0 Å². The molecule has 2 rings (SSSR count). The molecule has 1 N–H and O–H groups in total. The molecule has 0 saturated carbocycles. The molecule has 20 heavy (non-hydrogen) atoms. The van der Waals surface area contributed by atoms with Crippen molar-refractivity contribution in [3.8, 4) is 0 Å². The molecule has 0 saturated heterocycles. The fourth-order valence-corrected chi connectivity index (χ4v) is 2.97. The third kappa shape index (κ3) is 4.86. The molecule has 0 spiro atoms. The summed E-state index contributed by atoms with van der Waals surface area (Å²) in [5.74, 6) is 0. The van der Waals surface area contributed by atoms with Gasteiger partial charge in [-0.05, 0) is 12.8 Å². The molecule has 1 aliphatic heterocycles. The van der Waals surface area contributed by atoms with E-state index >= 15 is 0 Å². The Hall–Kier alpha value is -0.960.